The first kappa shape index (κ1) is 14.4. The van der Waals surface area contributed by atoms with E-state index in [0.717, 1.165) is 25.1 Å². The first-order valence-corrected chi connectivity index (χ1v) is 6.54. The molecule has 0 unspecified atom stereocenters. The Kier molecular flexibility index (Phi) is 6.40. The number of unbranched alkanes of at least 4 members (excludes halogenated alkanes) is 1. The molecule has 1 aromatic carbocycles. The van der Waals surface area contributed by atoms with Crippen molar-refractivity contribution in [2.24, 2.45) is 0 Å². The highest BCUT2D eigenvalue weighted by molar-refractivity contribution is 7.80. The molecule has 17 heavy (non-hydrogen) atoms. The van der Waals surface area contributed by atoms with E-state index in [1.165, 1.54) is 0 Å². The van der Waals surface area contributed by atoms with Gasteiger partial charge < -0.3 is 5.32 Å². The van der Waals surface area contributed by atoms with Gasteiger partial charge in [-0.2, -0.15) is 0 Å². The summed E-state index contributed by atoms with van der Waals surface area (Å²) < 4.78 is 0. The summed E-state index contributed by atoms with van der Waals surface area (Å²) in [5, 5.41) is 4.67. The highest BCUT2D eigenvalue weighted by Crippen LogP contribution is 2.24. The van der Waals surface area contributed by atoms with E-state index in [2.05, 4.69) is 23.1 Å². The molecule has 0 atom stereocenters. The van der Waals surface area contributed by atoms with Crippen LogP contribution in [0.1, 0.15) is 19.8 Å². The van der Waals surface area contributed by atoms with E-state index in [9.17, 15) is 0 Å². The van der Waals surface area contributed by atoms with Crippen molar-refractivity contribution in [1.29, 1.82) is 0 Å². The Labute approximate surface area is 117 Å². The average Bonchev–Trinajstić information content (AvgIpc) is 2.31. The summed E-state index contributed by atoms with van der Waals surface area (Å²) in [6.07, 6.45) is 2.23. The Hall–Kier alpha value is -0.710. The van der Waals surface area contributed by atoms with E-state index < -0.39 is 0 Å². The Morgan fingerprint density at radius 2 is 2.06 bits per heavy atom. The maximum absolute atomic E-state index is 5.88. The van der Waals surface area contributed by atoms with E-state index in [-0.39, 0.29) is 0 Å². The van der Waals surface area contributed by atoms with Crippen molar-refractivity contribution in [2.45, 2.75) is 19.8 Å². The van der Waals surface area contributed by atoms with Gasteiger partial charge in [-0.15, -0.1) is 0 Å². The van der Waals surface area contributed by atoms with E-state index in [0.29, 0.717) is 15.2 Å². The molecular weight excluding hydrogens is 277 g/mol. The SMILES string of the molecule is CCCCNC(=S)NNc1ccc(Cl)c(Cl)c1. The quantitative estimate of drug-likeness (QED) is 0.440. The van der Waals surface area contributed by atoms with Gasteiger partial charge in [0.15, 0.2) is 5.11 Å². The minimum Gasteiger partial charge on any atom is -0.361 e. The molecule has 0 aromatic heterocycles. The minimum absolute atomic E-state index is 0.503. The topological polar surface area (TPSA) is 36.1 Å². The van der Waals surface area contributed by atoms with Crippen LogP contribution < -0.4 is 16.2 Å². The van der Waals surface area contributed by atoms with Gasteiger partial charge in [0.25, 0.3) is 0 Å². The number of hydrazine groups is 1. The van der Waals surface area contributed by atoms with Gasteiger partial charge in [0, 0.05) is 6.54 Å². The second-order valence-corrected chi connectivity index (χ2v) is 4.71. The highest BCUT2D eigenvalue weighted by atomic mass is 35.5. The van der Waals surface area contributed by atoms with Crippen molar-refractivity contribution in [3.8, 4) is 0 Å². The minimum atomic E-state index is 0.503. The highest BCUT2D eigenvalue weighted by Gasteiger charge is 1.99. The molecule has 3 nitrogen and oxygen atoms in total. The van der Waals surface area contributed by atoms with E-state index in [1.54, 1.807) is 12.1 Å². The predicted molar refractivity (Wildman–Crippen MR) is 78.7 cm³/mol. The molecule has 0 aliphatic carbocycles. The fourth-order valence-corrected chi connectivity index (χ4v) is 1.58. The van der Waals surface area contributed by atoms with Gasteiger partial charge >= 0.3 is 0 Å². The summed E-state index contributed by atoms with van der Waals surface area (Å²) in [7, 11) is 0. The third kappa shape index (κ3) is 5.44. The first-order valence-electron chi connectivity index (χ1n) is 5.38. The molecule has 0 amide bonds. The lowest BCUT2D eigenvalue weighted by Crippen LogP contribution is -2.39. The number of rotatable bonds is 5. The number of thiocarbonyl (C=S) groups is 1. The second kappa shape index (κ2) is 7.58. The summed E-state index contributed by atoms with van der Waals surface area (Å²) in [6, 6.07) is 5.27. The zero-order valence-electron chi connectivity index (χ0n) is 9.52. The Balaban J connectivity index is 2.34. The van der Waals surface area contributed by atoms with Crippen LogP contribution in [0.4, 0.5) is 5.69 Å². The van der Waals surface area contributed by atoms with Crippen LogP contribution in [0.2, 0.25) is 10.0 Å². The van der Waals surface area contributed by atoms with Crippen LogP contribution in [-0.4, -0.2) is 11.7 Å². The number of hydrogen-bond donors (Lipinski definition) is 3. The molecule has 0 radical (unpaired) electrons. The Morgan fingerprint density at radius 1 is 1.29 bits per heavy atom. The van der Waals surface area contributed by atoms with Crippen LogP contribution in [0.15, 0.2) is 18.2 Å². The summed E-state index contributed by atoms with van der Waals surface area (Å²) in [5.74, 6) is 0. The van der Waals surface area contributed by atoms with Gasteiger partial charge in [-0.3, -0.25) is 10.9 Å². The average molecular weight is 292 g/mol. The fraction of sp³-hybridized carbons (Fsp3) is 0.364. The molecule has 0 aliphatic heterocycles. The van der Waals surface area contributed by atoms with Crippen LogP contribution in [0, 0.1) is 0 Å². The van der Waals surface area contributed by atoms with Gasteiger partial charge in [-0.25, -0.2) is 0 Å². The van der Waals surface area contributed by atoms with E-state index in [1.807, 2.05) is 6.07 Å². The van der Waals surface area contributed by atoms with E-state index in [4.69, 9.17) is 35.4 Å². The summed E-state index contributed by atoms with van der Waals surface area (Å²) in [5.41, 5.74) is 6.62. The van der Waals surface area contributed by atoms with Gasteiger partial charge in [0.05, 0.1) is 15.7 Å². The van der Waals surface area contributed by atoms with Crippen LogP contribution in [0.25, 0.3) is 0 Å². The van der Waals surface area contributed by atoms with Crippen LogP contribution in [-0.2, 0) is 0 Å². The molecule has 3 N–H and O–H groups in total. The van der Waals surface area contributed by atoms with Crippen molar-refractivity contribution < 1.29 is 0 Å². The standard InChI is InChI=1S/C11H15Cl2N3S/c1-2-3-6-14-11(17)16-15-8-4-5-9(12)10(13)7-8/h4-5,7,15H,2-3,6H2,1H3,(H2,14,16,17). The number of benzene rings is 1. The summed E-state index contributed by atoms with van der Waals surface area (Å²) in [6.45, 7) is 3.00. The van der Waals surface area contributed by atoms with Gasteiger partial charge in [0.1, 0.15) is 0 Å². The van der Waals surface area contributed by atoms with Crippen LogP contribution in [0.5, 0.6) is 0 Å². The molecule has 6 heteroatoms. The van der Waals surface area contributed by atoms with Crippen LogP contribution in [0.3, 0.4) is 0 Å². The van der Waals surface area contributed by atoms with Crippen molar-refractivity contribution in [1.82, 2.24) is 10.7 Å². The Morgan fingerprint density at radius 3 is 2.71 bits per heavy atom. The molecule has 0 saturated heterocycles. The first-order chi connectivity index (χ1) is 8.13. The molecule has 0 heterocycles. The van der Waals surface area contributed by atoms with Crippen molar-refractivity contribution in [3.63, 3.8) is 0 Å². The maximum atomic E-state index is 5.88. The van der Waals surface area contributed by atoms with E-state index >= 15 is 0 Å². The lowest BCUT2D eigenvalue weighted by molar-refractivity contribution is 0.748. The van der Waals surface area contributed by atoms with Crippen molar-refractivity contribution in [3.05, 3.63) is 28.2 Å². The number of hydrogen-bond acceptors (Lipinski definition) is 2. The van der Waals surface area contributed by atoms with Gasteiger partial charge in [-0.1, -0.05) is 36.5 Å². The molecular formula is C11H15Cl2N3S. The number of nitrogens with one attached hydrogen (secondary N) is 3. The fourth-order valence-electron chi connectivity index (χ4n) is 1.13. The molecule has 1 aromatic rings. The third-order valence-electron chi connectivity index (χ3n) is 2.06. The second-order valence-electron chi connectivity index (χ2n) is 3.49. The summed E-state index contributed by atoms with van der Waals surface area (Å²) in [4.78, 5) is 0. The molecule has 0 spiro atoms. The monoisotopic (exact) mass is 291 g/mol. The molecule has 0 bridgehead atoms. The van der Waals surface area contributed by atoms with Gasteiger partial charge in [0.2, 0.25) is 0 Å². The number of anilines is 1. The third-order valence-corrected chi connectivity index (χ3v) is 3.04. The van der Waals surface area contributed by atoms with Crippen LogP contribution >= 0.6 is 35.4 Å². The van der Waals surface area contributed by atoms with Crippen molar-refractivity contribution >= 4 is 46.2 Å². The summed E-state index contributed by atoms with van der Waals surface area (Å²) >= 11 is 16.8. The normalized spacial score (nSPS) is 9.82. The predicted octanol–water partition coefficient (Wildman–Crippen LogP) is 3.58. The maximum Gasteiger partial charge on any atom is 0.185 e. The Bertz CT molecular complexity index is 385. The molecule has 1 rings (SSSR count). The lowest BCUT2D eigenvalue weighted by Gasteiger charge is -2.12. The molecule has 0 saturated carbocycles. The smallest absolute Gasteiger partial charge is 0.185 e. The molecule has 0 fully saturated rings. The van der Waals surface area contributed by atoms with Gasteiger partial charge in [-0.05, 0) is 36.8 Å². The van der Waals surface area contributed by atoms with Crippen molar-refractivity contribution in [2.75, 3.05) is 12.0 Å². The molecule has 94 valence electrons. The lowest BCUT2D eigenvalue weighted by atomic mass is 10.3. The zero-order valence-corrected chi connectivity index (χ0v) is 11.8. The number of halogens is 2. The largest absolute Gasteiger partial charge is 0.361 e. The molecule has 0 aliphatic rings. The zero-order chi connectivity index (χ0) is 12.7.